The summed E-state index contributed by atoms with van der Waals surface area (Å²) in [5, 5.41) is 8.56. The van der Waals surface area contributed by atoms with E-state index < -0.39 is 0 Å². The van der Waals surface area contributed by atoms with E-state index in [-0.39, 0.29) is 0 Å². The zero-order valence-corrected chi connectivity index (χ0v) is 9.40. The van der Waals surface area contributed by atoms with Gasteiger partial charge in [0.25, 0.3) is 0 Å². The molecule has 2 aromatic rings. The Morgan fingerprint density at radius 1 is 1.50 bits per heavy atom. The van der Waals surface area contributed by atoms with Crippen LogP contribution in [-0.4, -0.2) is 29.3 Å². The summed E-state index contributed by atoms with van der Waals surface area (Å²) < 4.78 is 0. The van der Waals surface area contributed by atoms with Gasteiger partial charge in [0.2, 0.25) is 0 Å². The zero-order chi connectivity index (χ0) is 11.1. The van der Waals surface area contributed by atoms with Gasteiger partial charge < -0.3 is 10.6 Å². The van der Waals surface area contributed by atoms with E-state index in [1.807, 2.05) is 6.07 Å². The van der Waals surface area contributed by atoms with Gasteiger partial charge in [0.05, 0.1) is 5.52 Å². The fraction of sp³-hybridized carbons (Fsp3) is 0.417. The maximum atomic E-state index is 5.95. The molecule has 0 aliphatic carbocycles. The van der Waals surface area contributed by atoms with Gasteiger partial charge in [-0.05, 0) is 25.5 Å². The first-order chi connectivity index (χ1) is 7.75. The van der Waals surface area contributed by atoms with Crippen molar-refractivity contribution in [3.63, 3.8) is 0 Å². The van der Waals surface area contributed by atoms with E-state index >= 15 is 0 Å². The lowest BCUT2D eigenvalue weighted by atomic mass is 10.1. The number of benzene rings is 1. The van der Waals surface area contributed by atoms with Gasteiger partial charge in [0.15, 0.2) is 0 Å². The third-order valence-electron chi connectivity index (χ3n) is 3.30. The van der Waals surface area contributed by atoms with E-state index in [9.17, 15) is 0 Å². The fourth-order valence-electron chi connectivity index (χ4n) is 2.48. The predicted molar refractivity (Wildman–Crippen MR) is 65.6 cm³/mol. The summed E-state index contributed by atoms with van der Waals surface area (Å²) in [7, 11) is 0. The van der Waals surface area contributed by atoms with E-state index in [1.54, 1.807) is 0 Å². The molecule has 1 aliphatic rings. The van der Waals surface area contributed by atoms with E-state index in [0.717, 1.165) is 30.7 Å². The second-order valence-electron chi connectivity index (χ2n) is 4.51. The van der Waals surface area contributed by atoms with Crippen LogP contribution in [0, 0.1) is 6.92 Å². The molecule has 1 unspecified atom stereocenters. The van der Waals surface area contributed by atoms with Crippen molar-refractivity contribution in [2.45, 2.75) is 19.4 Å². The third-order valence-corrected chi connectivity index (χ3v) is 3.30. The number of hydrogen-bond acceptors (Lipinski definition) is 3. The Labute approximate surface area is 94.4 Å². The molecule has 16 heavy (non-hydrogen) atoms. The quantitative estimate of drug-likeness (QED) is 0.757. The van der Waals surface area contributed by atoms with Crippen molar-refractivity contribution in [2.75, 3.05) is 18.0 Å². The molecule has 1 fully saturated rings. The Balaban J connectivity index is 2.12. The topological polar surface area (TPSA) is 57.9 Å². The van der Waals surface area contributed by atoms with Crippen LogP contribution in [0.5, 0.6) is 0 Å². The highest BCUT2D eigenvalue weighted by Gasteiger charge is 2.21. The van der Waals surface area contributed by atoms with Crippen LogP contribution in [0.15, 0.2) is 18.2 Å². The van der Waals surface area contributed by atoms with Crippen molar-refractivity contribution in [2.24, 2.45) is 5.73 Å². The number of anilines is 1. The summed E-state index contributed by atoms with van der Waals surface area (Å²) in [5.74, 6) is 0. The van der Waals surface area contributed by atoms with Crippen LogP contribution in [0.2, 0.25) is 0 Å². The minimum atomic E-state index is 0.308. The molecule has 0 saturated carbocycles. The summed E-state index contributed by atoms with van der Waals surface area (Å²) in [4.78, 5) is 2.36. The van der Waals surface area contributed by atoms with E-state index in [0.29, 0.717) is 6.04 Å². The van der Waals surface area contributed by atoms with E-state index in [2.05, 4.69) is 34.2 Å². The molecule has 84 valence electrons. The number of nitrogens with two attached hydrogens (primary N) is 1. The molecule has 1 saturated heterocycles. The molecule has 2 heterocycles. The molecule has 3 rings (SSSR count). The highest BCUT2D eigenvalue weighted by atomic mass is 15.2. The molecule has 0 amide bonds. The number of rotatable bonds is 1. The normalized spacial score (nSPS) is 20.9. The highest BCUT2D eigenvalue weighted by molar-refractivity contribution is 5.94. The number of nitrogens with zero attached hydrogens (tertiary/aromatic N) is 2. The monoisotopic (exact) mass is 216 g/mol. The predicted octanol–water partition coefficient (Wildman–Crippen LogP) is 1.41. The van der Waals surface area contributed by atoms with Crippen molar-refractivity contribution in [1.29, 1.82) is 0 Å². The largest absolute Gasteiger partial charge is 0.369 e. The number of hydrogen-bond donors (Lipinski definition) is 2. The Kier molecular flexibility index (Phi) is 2.11. The van der Waals surface area contributed by atoms with Crippen molar-refractivity contribution in [3.05, 3.63) is 23.9 Å². The van der Waals surface area contributed by atoms with Crippen molar-refractivity contribution >= 4 is 16.6 Å². The molecule has 4 heteroatoms. The smallest absolute Gasteiger partial charge is 0.0944 e. The second-order valence-corrected chi connectivity index (χ2v) is 4.51. The summed E-state index contributed by atoms with van der Waals surface area (Å²) in [6.07, 6.45) is 1.08. The Morgan fingerprint density at radius 3 is 3.12 bits per heavy atom. The Bertz CT molecular complexity index is 517. The first-order valence-corrected chi connectivity index (χ1v) is 5.70. The molecule has 0 spiro atoms. The number of aromatic amines is 1. The van der Waals surface area contributed by atoms with E-state index in [1.165, 1.54) is 11.1 Å². The lowest BCUT2D eigenvalue weighted by molar-refractivity contribution is 0.752. The maximum Gasteiger partial charge on any atom is 0.0944 e. The van der Waals surface area contributed by atoms with Gasteiger partial charge in [-0.2, -0.15) is 5.10 Å². The molecule has 1 atom stereocenters. The minimum Gasteiger partial charge on any atom is -0.369 e. The fourth-order valence-corrected chi connectivity index (χ4v) is 2.48. The third kappa shape index (κ3) is 1.38. The molecule has 4 nitrogen and oxygen atoms in total. The maximum absolute atomic E-state index is 5.95. The highest BCUT2D eigenvalue weighted by Crippen LogP contribution is 2.30. The van der Waals surface area contributed by atoms with Gasteiger partial charge in [-0.1, -0.05) is 6.07 Å². The number of aromatic nitrogens is 2. The molecular formula is C12H16N4. The van der Waals surface area contributed by atoms with Crippen LogP contribution < -0.4 is 10.6 Å². The number of H-pyrrole nitrogens is 1. The molecule has 0 bridgehead atoms. The first-order valence-electron chi connectivity index (χ1n) is 5.70. The molecule has 3 N–H and O–H groups in total. The van der Waals surface area contributed by atoms with Crippen LogP contribution in [0.4, 0.5) is 5.69 Å². The van der Waals surface area contributed by atoms with Crippen molar-refractivity contribution in [3.8, 4) is 0 Å². The Hall–Kier alpha value is -1.55. The number of aryl methyl sites for hydroxylation is 1. The van der Waals surface area contributed by atoms with Gasteiger partial charge in [-0.25, -0.2) is 0 Å². The van der Waals surface area contributed by atoms with Crippen LogP contribution in [0.1, 0.15) is 12.1 Å². The Morgan fingerprint density at radius 2 is 2.38 bits per heavy atom. The summed E-state index contributed by atoms with van der Waals surface area (Å²) in [5.41, 5.74) is 9.38. The van der Waals surface area contributed by atoms with Crippen molar-refractivity contribution < 1.29 is 0 Å². The summed E-state index contributed by atoms with van der Waals surface area (Å²) in [6, 6.07) is 6.56. The lowest BCUT2D eigenvalue weighted by Crippen LogP contribution is -2.26. The van der Waals surface area contributed by atoms with Gasteiger partial charge in [0.1, 0.15) is 0 Å². The molecule has 0 radical (unpaired) electrons. The van der Waals surface area contributed by atoms with Crippen molar-refractivity contribution in [1.82, 2.24) is 10.2 Å². The lowest BCUT2D eigenvalue weighted by Gasteiger charge is -2.19. The SMILES string of the molecule is Cc1[nH]nc2cccc(N3CCC(N)C3)c12. The number of fused-ring (bicyclic) bond motifs is 1. The summed E-state index contributed by atoms with van der Waals surface area (Å²) >= 11 is 0. The standard InChI is InChI=1S/C12H16N4/c1-8-12-10(15-14-8)3-2-4-11(12)16-6-5-9(13)7-16/h2-4,9H,5-7,13H2,1H3,(H,14,15). The molecule has 1 aromatic heterocycles. The van der Waals surface area contributed by atoms with Crippen LogP contribution in [0.25, 0.3) is 10.9 Å². The van der Waals surface area contributed by atoms with Gasteiger partial charge in [-0.3, -0.25) is 5.10 Å². The van der Waals surface area contributed by atoms with Gasteiger partial charge in [0, 0.05) is 35.9 Å². The average Bonchev–Trinajstić information content (AvgIpc) is 2.86. The van der Waals surface area contributed by atoms with Crippen LogP contribution in [0.3, 0.4) is 0 Å². The minimum absolute atomic E-state index is 0.308. The second kappa shape index (κ2) is 3.49. The summed E-state index contributed by atoms with van der Waals surface area (Å²) in [6.45, 7) is 4.06. The molecular weight excluding hydrogens is 200 g/mol. The molecule has 1 aromatic carbocycles. The van der Waals surface area contributed by atoms with E-state index in [4.69, 9.17) is 5.73 Å². The zero-order valence-electron chi connectivity index (χ0n) is 9.40. The van der Waals surface area contributed by atoms with Gasteiger partial charge >= 0.3 is 0 Å². The van der Waals surface area contributed by atoms with Gasteiger partial charge in [-0.15, -0.1) is 0 Å². The average molecular weight is 216 g/mol. The van der Waals surface area contributed by atoms with Crippen LogP contribution in [-0.2, 0) is 0 Å². The first kappa shape index (κ1) is 9.66. The van der Waals surface area contributed by atoms with Crippen LogP contribution >= 0.6 is 0 Å². The number of nitrogens with one attached hydrogen (secondary N) is 1. The molecule has 1 aliphatic heterocycles.